The van der Waals surface area contributed by atoms with Gasteiger partial charge in [0, 0.05) is 31.9 Å². The highest BCUT2D eigenvalue weighted by atomic mass is 16.2. The normalized spacial score (nSPS) is 18.3. The number of hydrogen-bond acceptors (Lipinski definition) is 3. The van der Waals surface area contributed by atoms with Gasteiger partial charge in [0.05, 0.1) is 12.2 Å². The number of hydrogen-bond donors (Lipinski definition) is 2. The molecule has 1 saturated heterocycles. The Morgan fingerprint density at radius 3 is 3.05 bits per heavy atom. The standard InChI is InChI=1S/C17H22N4O/c1-12-5-6-13(9-19-16-4-3-7-18-17(16)22)15(8-12)14-10-20-21(2)11-14/h5-6,8,10-11,16,19H,3-4,7,9H2,1-2H3,(H,18,22)/t16-/m0/s1. The van der Waals surface area contributed by atoms with Crippen molar-refractivity contribution >= 4 is 5.91 Å². The molecule has 0 spiro atoms. The first-order valence-corrected chi connectivity index (χ1v) is 7.73. The van der Waals surface area contributed by atoms with Crippen LogP contribution in [0.2, 0.25) is 0 Å². The van der Waals surface area contributed by atoms with E-state index in [9.17, 15) is 4.79 Å². The Labute approximate surface area is 130 Å². The van der Waals surface area contributed by atoms with Gasteiger partial charge in [0.2, 0.25) is 5.91 Å². The van der Waals surface area contributed by atoms with E-state index in [1.807, 2.05) is 24.1 Å². The number of piperidine rings is 1. The van der Waals surface area contributed by atoms with Crippen LogP contribution in [0.15, 0.2) is 30.6 Å². The molecular formula is C17H22N4O. The lowest BCUT2D eigenvalue weighted by Gasteiger charge is -2.23. The van der Waals surface area contributed by atoms with Gasteiger partial charge in [-0.05, 0) is 30.9 Å². The van der Waals surface area contributed by atoms with Crippen molar-refractivity contribution < 1.29 is 4.79 Å². The zero-order valence-electron chi connectivity index (χ0n) is 13.1. The molecule has 2 N–H and O–H groups in total. The summed E-state index contributed by atoms with van der Waals surface area (Å²) >= 11 is 0. The smallest absolute Gasteiger partial charge is 0.237 e. The van der Waals surface area contributed by atoms with E-state index in [-0.39, 0.29) is 11.9 Å². The van der Waals surface area contributed by atoms with Crippen LogP contribution in [0.3, 0.4) is 0 Å². The molecule has 1 aliphatic rings. The van der Waals surface area contributed by atoms with Gasteiger partial charge in [-0.25, -0.2) is 0 Å². The summed E-state index contributed by atoms with van der Waals surface area (Å²) in [6, 6.07) is 6.33. The molecule has 1 amide bonds. The van der Waals surface area contributed by atoms with E-state index < -0.39 is 0 Å². The third-order valence-electron chi connectivity index (χ3n) is 4.11. The number of carbonyl (C=O) groups excluding carboxylic acids is 1. The topological polar surface area (TPSA) is 58.9 Å². The highest BCUT2D eigenvalue weighted by molar-refractivity contribution is 5.82. The average molecular weight is 298 g/mol. The van der Waals surface area contributed by atoms with Crippen molar-refractivity contribution in [1.29, 1.82) is 0 Å². The molecule has 1 atom stereocenters. The minimum absolute atomic E-state index is 0.0863. The first-order valence-electron chi connectivity index (χ1n) is 7.73. The van der Waals surface area contributed by atoms with E-state index in [4.69, 9.17) is 0 Å². The minimum atomic E-state index is -0.0863. The van der Waals surface area contributed by atoms with Crippen LogP contribution in [-0.2, 0) is 18.4 Å². The maximum absolute atomic E-state index is 11.8. The van der Waals surface area contributed by atoms with Crippen molar-refractivity contribution in [2.24, 2.45) is 7.05 Å². The molecule has 3 rings (SSSR count). The number of benzene rings is 1. The molecule has 0 saturated carbocycles. The number of nitrogens with zero attached hydrogens (tertiary/aromatic N) is 2. The van der Waals surface area contributed by atoms with Crippen molar-refractivity contribution in [2.45, 2.75) is 32.4 Å². The highest BCUT2D eigenvalue weighted by Gasteiger charge is 2.21. The summed E-state index contributed by atoms with van der Waals surface area (Å²) < 4.78 is 1.81. The quantitative estimate of drug-likeness (QED) is 0.904. The van der Waals surface area contributed by atoms with Crippen molar-refractivity contribution in [3.63, 3.8) is 0 Å². The van der Waals surface area contributed by atoms with Gasteiger partial charge in [0.1, 0.15) is 0 Å². The third-order valence-corrected chi connectivity index (χ3v) is 4.11. The summed E-state index contributed by atoms with van der Waals surface area (Å²) in [6.07, 6.45) is 5.84. The first-order chi connectivity index (χ1) is 10.6. The maximum atomic E-state index is 11.8. The van der Waals surface area contributed by atoms with Crippen molar-refractivity contribution in [3.05, 3.63) is 41.7 Å². The number of aryl methyl sites for hydroxylation is 2. The molecular weight excluding hydrogens is 276 g/mol. The summed E-state index contributed by atoms with van der Waals surface area (Å²) in [5.74, 6) is 0.112. The molecule has 22 heavy (non-hydrogen) atoms. The third kappa shape index (κ3) is 3.20. The molecule has 2 heterocycles. The van der Waals surface area contributed by atoms with Crippen LogP contribution in [0.25, 0.3) is 11.1 Å². The zero-order valence-corrected chi connectivity index (χ0v) is 13.1. The summed E-state index contributed by atoms with van der Waals surface area (Å²) in [5, 5.41) is 10.6. The SMILES string of the molecule is Cc1ccc(CN[C@H]2CCCNC2=O)c(-c2cnn(C)c2)c1. The molecule has 1 aromatic heterocycles. The molecule has 1 fully saturated rings. The van der Waals surface area contributed by atoms with E-state index in [2.05, 4.69) is 40.9 Å². The van der Waals surface area contributed by atoms with E-state index in [1.165, 1.54) is 16.7 Å². The minimum Gasteiger partial charge on any atom is -0.355 e. The fourth-order valence-electron chi connectivity index (χ4n) is 2.87. The summed E-state index contributed by atoms with van der Waals surface area (Å²) in [7, 11) is 1.92. The van der Waals surface area contributed by atoms with Crippen molar-refractivity contribution in [1.82, 2.24) is 20.4 Å². The second-order valence-corrected chi connectivity index (χ2v) is 5.93. The highest BCUT2D eigenvalue weighted by Crippen LogP contribution is 2.24. The van der Waals surface area contributed by atoms with Crippen LogP contribution >= 0.6 is 0 Å². The van der Waals surface area contributed by atoms with Gasteiger partial charge in [-0.1, -0.05) is 23.8 Å². The summed E-state index contributed by atoms with van der Waals surface area (Å²) in [6.45, 7) is 3.57. The van der Waals surface area contributed by atoms with E-state index in [1.54, 1.807) is 0 Å². The molecule has 0 unspecified atom stereocenters. The lowest BCUT2D eigenvalue weighted by molar-refractivity contribution is -0.124. The molecule has 116 valence electrons. The zero-order chi connectivity index (χ0) is 15.5. The molecule has 0 radical (unpaired) electrons. The summed E-state index contributed by atoms with van der Waals surface area (Å²) in [4.78, 5) is 11.8. The van der Waals surface area contributed by atoms with Crippen LogP contribution in [-0.4, -0.2) is 28.3 Å². The van der Waals surface area contributed by atoms with Gasteiger partial charge in [-0.2, -0.15) is 5.10 Å². The number of rotatable bonds is 4. The van der Waals surface area contributed by atoms with E-state index >= 15 is 0 Å². The average Bonchev–Trinajstić information content (AvgIpc) is 2.94. The fraction of sp³-hybridized carbons (Fsp3) is 0.412. The van der Waals surface area contributed by atoms with Gasteiger partial charge < -0.3 is 10.6 Å². The van der Waals surface area contributed by atoms with E-state index in [0.29, 0.717) is 6.54 Å². The van der Waals surface area contributed by atoms with Gasteiger partial charge in [0.15, 0.2) is 0 Å². The Bertz CT molecular complexity index is 677. The monoisotopic (exact) mass is 298 g/mol. The van der Waals surface area contributed by atoms with Crippen molar-refractivity contribution in [2.75, 3.05) is 6.54 Å². The number of amides is 1. The van der Waals surface area contributed by atoms with Crippen LogP contribution in [0.1, 0.15) is 24.0 Å². The Hall–Kier alpha value is -2.14. The lowest BCUT2D eigenvalue weighted by Crippen LogP contribution is -2.47. The molecule has 5 nitrogen and oxygen atoms in total. The molecule has 2 aromatic rings. The molecule has 1 aromatic carbocycles. The molecule has 0 aliphatic carbocycles. The molecule has 0 bridgehead atoms. The fourth-order valence-corrected chi connectivity index (χ4v) is 2.87. The van der Waals surface area contributed by atoms with Crippen LogP contribution in [0, 0.1) is 6.92 Å². The predicted molar refractivity (Wildman–Crippen MR) is 86.3 cm³/mol. The maximum Gasteiger partial charge on any atom is 0.237 e. The van der Waals surface area contributed by atoms with Gasteiger partial charge in [0.25, 0.3) is 0 Å². The Morgan fingerprint density at radius 2 is 2.32 bits per heavy atom. The van der Waals surface area contributed by atoms with Crippen LogP contribution in [0.4, 0.5) is 0 Å². The van der Waals surface area contributed by atoms with Gasteiger partial charge >= 0.3 is 0 Å². The Kier molecular flexibility index (Phi) is 4.24. The largest absolute Gasteiger partial charge is 0.355 e. The second kappa shape index (κ2) is 6.32. The second-order valence-electron chi connectivity index (χ2n) is 5.93. The first kappa shape index (κ1) is 14.8. The van der Waals surface area contributed by atoms with Crippen LogP contribution in [0.5, 0.6) is 0 Å². The number of aromatic nitrogens is 2. The molecule has 5 heteroatoms. The number of carbonyl (C=O) groups is 1. The lowest BCUT2D eigenvalue weighted by atomic mass is 9.99. The van der Waals surface area contributed by atoms with Gasteiger partial charge in [-0.3, -0.25) is 9.48 Å². The Morgan fingerprint density at radius 1 is 1.45 bits per heavy atom. The number of nitrogens with one attached hydrogen (secondary N) is 2. The van der Waals surface area contributed by atoms with Crippen LogP contribution < -0.4 is 10.6 Å². The Balaban J connectivity index is 1.80. The van der Waals surface area contributed by atoms with E-state index in [0.717, 1.165) is 24.9 Å². The molecule has 1 aliphatic heterocycles. The van der Waals surface area contributed by atoms with Crippen molar-refractivity contribution in [3.8, 4) is 11.1 Å². The summed E-state index contributed by atoms with van der Waals surface area (Å²) in [5.41, 5.74) is 4.70. The van der Waals surface area contributed by atoms with Gasteiger partial charge in [-0.15, -0.1) is 0 Å². The predicted octanol–water partition coefficient (Wildman–Crippen LogP) is 1.76.